The van der Waals surface area contributed by atoms with Crippen LogP contribution in [0, 0.1) is 11.8 Å². The average molecular weight is 505 g/mol. The maximum atomic E-state index is 11.7. The van der Waals surface area contributed by atoms with Crippen molar-refractivity contribution in [1.29, 1.82) is 0 Å². The lowest BCUT2D eigenvalue weighted by atomic mass is 9.83. The molecule has 0 aliphatic heterocycles. The molecular formula is C27H36O9. The molecule has 0 fully saturated rings. The molecule has 2 unspecified atom stereocenters. The molecule has 2 rings (SSSR count). The number of hydrogen-bond donors (Lipinski definition) is 0. The molecule has 0 heterocycles. The maximum Gasteiger partial charge on any atom is 0.302 e. The smallest absolute Gasteiger partial charge is 0.302 e. The second kappa shape index (κ2) is 14.1. The number of benzene rings is 2. The Balaban J connectivity index is 2.45. The molecule has 0 bridgehead atoms. The van der Waals surface area contributed by atoms with Gasteiger partial charge in [-0.1, -0.05) is 6.07 Å². The van der Waals surface area contributed by atoms with Gasteiger partial charge in [-0.25, -0.2) is 0 Å². The third kappa shape index (κ3) is 7.96. The van der Waals surface area contributed by atoms with Crippen LogP contribution in [-0.4, -0.2) is 60.7 Å². The quantitative estimate of drug-likeness (QED) is 0.355. The number of carbonyl (C=O) groups is 2. The van der Waals surface area contributed by atoms with Crippen LogP contribution in [0.1, 0.15) is 25.0 Å². The van der Waals surface area contributed by atoms with Crippen molar-refractivity contribution in [3.8, 4) is 28.7 Å². The van der Waals surface area contributed by atoms with Gasteiger partial charge in [0.25, 0.3) is 0 Å². The molecule has 198 valence electrons. The Kier molecular flexibility index (Phi) is 11.2. The molecule has 9 heteroatoms. The summed E-state index contributed by atoms with van der Waals surface area (Å²) >= 11 is 0. The van der Waals surface area contributed by atoms with Crippen LogP contribution in [0.4, 0.5) is 0 Å². The van der Waals surface area contributed by atoms with Crippen LogP contribution < -0.4 is 23.7 Å². The number of carbonyl (C=O) groups excluding carboxylic acids is 2. The molecule has 2 atom stereocenters. The summed E-state index contributed by atoms with van der Waals surface area (Å²) in [7, 11) is 7.80. The lowest BCUT2D eigenvalue weighted by Gasteiger charge is -2.27. The molecule has 0 aliphatic carbocycles. The summed E-state index contributed by atoms with van der Waals surface area (Å²) in [5.41, 5.74) is 1.85. The molecule has 0 saturated carbocycles. The van der Waals surface area contributed by atoms with Crippen LogP contribution in [-0.2, 0) is 31.9 Å². The highest BCUT2D eigenvalue weighted by molar-refractivity contribution is 5.66. The van der Waals surface area contributed by atoms with Crippen molar-refractivity contribution in [2.24, 2.45) is 11.8 Å². The van der Waals surface area contributed by atoms with Crippen molar-refractivity contribution in [2.45, 2.75) is 26.7 Å². The van der Waals surface area contributed by atoms with Crippen molar-refractivity contribution in [2.75, 3.05) is 48.8 Å². The molecule has 2 aromatic carbocycles. The van der Waals surface area contributed by atoms with Gasteiger partial charge in [-0.2, -0.15) is 0 Å². The summed E-state index contributed by atoms with van der Waals surface area (Å²) in [6.07, 6.45) is 1.05. The molecule has 9 nitrogen and oxygen atoms in total. The molecule has 0 radical (unpaired) electrons. The number of esters is 2. The van der Waals surface area contributed by atoms with E-state index >= 15 is 0 Å². The highest BCUT2D eigenvalue weighted by Crippen LogP contribution is 2.39. The van der Waals surface area contributed by atoms with E-state index in [9.17, 15) is 9.59 Å². The van der Waals surface area contributed by atoms with Gasteiger partial charge in [-0.3, -0.25) is 9.59 Å². The molecule has 36 heavy (non-hydrogen) atoms. The van der Waals surface area contributed by atoms with E-state index in [0.29, 0.717) is 41.6 Å². The Morgan fingerprint density at radius 2 is 1.06 bits per heavy atom. The van der Waals surface area contributed by atoms with E-state index in [2.05, 4.69) is 0 Å². The number of rotatable bonds is 14. The van der Waals surface area contributed by atoms with Crippen molar-refractivity contribution in [1.82, 2.24) is 0 Å². The van der Waals surface area contributed by atoms with Gasteiger partial charge in [0.15, 0.2) is 23.0 Å². The topological polar surface area (TPSA) is 98.8 Å². The SMILES string of the molecule is COc1ccc(CC(COC(C)=O)C(COC(C)=O)Cc2cc(OC)c(OC)c(OC)c2)cc1OC. The van der Waals surface area contributed by atoms with Gasteiger partial charge in [0, 0.05) is 25.7 Å². The van der Waals surface area contributed by atoms with Gasteiger partial charge in [0.05, 0.1) is 48.8 Å². The first-order chi connectivity index (χ1) is 17.3. The summed E-state index contributed by atoms with van der Waals surface area (Å²) in [5, 5.41) is 0. The third-order valence-corrected chi connectivity index (χ3v) is 5.84. The highest BCUT2D eigenvalue weighted by Gasteiger charge is 2.27. The summed E-state index contributed by atoms with van der Waals surface area (Å²) in [4.78, 5) is 23.4. The Morgan fingerprint density at radius 3 is 1.47 bits per heavy atom. The first-order valence-corrected chi connectivity index (χ1v) is 11.5. The fourth-order valence-electron chi connectivity index (χ4n) is 4.04. The van der Waals surface area contributed by atoms with Crippen LogP contribution in [0.3, 0.4) is 0 Å². The van der Waals surface area contributed by atoms with Crippen LogP contribution in [0.5, 0.6) is 28.7 Å². The van der Waals surface area contributed by atoms with Crippen LogP contribution in [0.25, 0.3) is 0 Å². The van der Waals surface area contributed by atoms with E-state index in [1.165, 1.54) is 13.8 Å². The Bertz CT molecular complexity index is 993. The van der Waals surface area contributed by atoms with E-state index < -0.39 is 0 Å². The monoisotopic (exact) mass is 504 g/mol. The van der Waals surface area contributed by atoms with Crippen molar-refractivity contribution >= 4 is 11.9 Å². The van der Waals surface area contributed by atoms with Gasteiger partial charge in [0.2, 0.25) is 5.75 Å². The van der Waals surface area contributed by atoms with Gasteiger partial charge < -0.3 is 33.2 Å². The third-order valence-electron chi connectivity index (χ3n) is 5.84. The van der Waals surface area contributed by atoms with Crippen LogP contribution >= 0.6 is 0 Å². The van der Waals surface area contributed by atoms with E-state index in [4.69, 9.17) is 33.2 Å². The zero-order chi connectivity index (χ0) is 26.7. The lowest BCUT2D eigenvalue weighted by molar-refractivity contribution is -0.147. The molecule has 0 aliphatic rings. The maximum absolute atomic E-state index is 11.7. The predicted molar refractivity (Wildman–Crippen MR) is 133 cm³/mol. The summed E-state index contributed by atoms with van der Waals surface area (Å²) in [6, 6.07) is 9.38. The van der Waals surface area contributed by atoms with E-state index in [-0.39, 0.29) is 37.0 Å². The zero-order valence-corrected chi connectivity index (χ0v) is 22.0. The molecule has 0 N–H and O–H groups in total. The van der Waals surface area contributed by atoms with E-state index in [0.717, 1.165) is 11.1 Å². The minimum absolute atomic E-state index is 0.144. The first-order valence-electron chi connectivity index (χ1n) is 11.5. The highest BCUT2D eigenvalue weighted by atomic mass is 16.5. The Labute approximate surface area is 212 Å². The van der Waals surface area contributed by atoms with Crippen LogP contribution in [0.15, 0.2) is 30.3 Å². The minimum Gasteiger partial charge on any atom is -0.493 e. The fraction of sp³-hybridized carbons (Fsp3) is 0.481. The average Bonchev–Trinajstić information content (AvgIpc) is 2.87. The largest absolute Gasteiger partial charge is 0.493 e. The van der Waals surface area contributed by atoms with Gasteiger partial charge in [-0.15, -0.1) is 0 Å². The molecule has 0 saturated heterocycles. The molecule has 0 spiro atoms. The summed E-state index contributed by atoms with van der Waals surface area (Å²) in [5.74, 6) is 1.61. The van der Waals surface area contributed by atoms with Crippen molar-refractivity contribution < 1.29 is 42.7 Å². The first kappa shape index (κ1) is 28.6. The molecule has 2 aromatic rings. The lowest BCUT2D eigenvalue weighted by Crippen LogP contribution is -2.29. The normalized spacial score (nSPS) is 12.2. The van der Waals surface area contributed by atoms with E-state index in [1.807, 2.05) is 30.3 Å². The molecular weight excluding hydrogens is 468 g/mol. The van der Waals surface area contributed by atoms with Crippen LogP contribution in [0.2, 0.25) is 0 Å². The van der Waals surface area contributed by atoms with Gasteiger partial charge in [-0.05, 0) is 48.2 Å². The number of hydrogen-bond acceptors (Lipinski definition) is 9. The number of ether oxygens (including phenoxy) is 7. The van der Waals surface area contributed by atoms with Gasteiger partial charge >= 0.3 is 11.9 Å². The number of methoxy groups -OCH3 is 5. The van der Waals surface area contributed by atoms with Gasteiger partial charge in [0.1, 0.15) is 0 Å². The summed E-state index contributed by atoms with van der Waals surface area (Å²) in [6.45, 7) is 3.03. The standard InChI is InChI=1S/C27H36O9/c1-17(28)35-15-21(10-19-8-9-23(30-3)24(12-19)31-4)22(16-36-18(2)29)11-20-13-25(32-5)27(34-7)26(14-20)33-6/h8-9,12-14,21-22H,10-11,15-16H2,1-7H3. The minimum atomic E-state index is -0.387. The Morgan fingerprint density at radius 1 is 0.611 bits per heavy atom. The van der Waals surface area contributed by atoms with Crippen molar-refractivity contribution in [3.05, 3.63) is 41.5 Å². The molecule has 0 amide bonds. The Hall–Kier alpha value is -3.62. The van der Waals surface area contributed by atoms with Crippen molar-refractivity contribution in [3.63, 3.8) is 0 Å². The second-order valence-corrected chi connectivity index (χ2v) is 8.26. The molecule has 0 aromatic heterocycles. The summed E-state index contributed by atoms with van der Waals surface area (Å²) < 4.78 is 38.1. The second-order valence-electron chi connectivity index (χ2n) is 8.26. The van der Waals surface area contributed by atoms with E-state index in [1.54, 1.807) is 35.5 Å². The predicted octanol–water partition coefficient (Wildman–Crippen LogP) is 3.87. The fourth-order valence-corrected chi connectivity index (χ4v) is 4.04. The zero-order valence-electron chi connectivity index (χ0n) is 22.0.